The van der Waals surface area contributed by atoms with Crippen LogP contribution in [0.25, 0.3) is 16.2 Å². The molecule has 16 heavy (non-hydrogen) atoms. The Kier molecular flexibility index (Phi) is 2.05. The number of nitrogens with zero attached hydrogens (tertiary/aromatic N) is 2. The van der Waals surface area contributed by atoms with Crippen LogP contribution in [0.4, 0.5) is 0 Å². The lowest BCUT2D eigenvalue weighted by molar-refractivity contribution is 0.0703. The number of imidazole rings is 1. The predicted octanol–water partition coefficient (Wildman–Crippen LogP) is 2.82. The molecule has 1 N–H and O–H groups in total. The van der Waals surface area contributed by atoms with Crippen molar-refractivity contribution in [2.24, 2.45) is 0 Å². The van der Waals surface area contributed by atoms with Crippen molar-refractivity contribution in [3.63, 3.8) is 0 Å². The molecule has 0 spiro atoms. The number of rotatable bonds is 2. The van der Waals surface area contributed by atoms with E-state index in [9.17, 15) is 4.79 Å². The first-order valence-electron chi connectivity index (χ1n) is 4.49. The number of carboxylic acids is 1. The Morgan fingerprint density at radius 3 is 3.06 bits per heavy atom. The van der Waals surface area contributed by atoms with Gasteiger partial charge in [-0.05, 0) is 11.4 Å². The Labute approximate surface area is 98.4 Å². The summed E-state index contributed by atoms with van der Waals surface area (Å²) in [4.78, 5) is 16.5. The van der Waals surface area contributed by atoms with Gasteiger partial charge in [-0.1, -0.05) is 0 Å². The van der Waals surface area contributed by atoms with E-state index in [1.54, 1.807) is 11.6 Å². The topological polar surface area (TPSA) is 54.6 Å². The molecule has 0 aromatic carbocycles. The van der Waals surface area contributed by atoms with Gasteiger partial charge in [0.05, 0.1) is 11.9 Å². The number of hydrogen-bond acceptors (Lipinski definition) is 4. The maximum absolute atomic E-state index is 11.0. The van der Waals surface area contributed by atoms with Crippen LogP contribution in [0.2, 0.25) is 0 Å². The molecule has 0 aliphatic carbocycles. The van der Waals surface area contributed by atoms with Crippen molar-refractivity contribution in [1.82, 2.24) is 9.38 Å². The van der Waals surface area contributed by atoms with Crippen molar-refractivity contribution in [1.29, 1.82) is 0 Å². The first-order valence-corrected chi connectivity index (χ1v) is 6.25. The van der Waals surface area contributed by atoms with E-state index in [0.29, 0.717) is 4.88 Å². The van der Waals surface area contributed by atoms with Gasteiger partial charge in [-0.15, -0.1) is 22.7 Å². The Morgan fingerprint density at radius 1 is 1.38 bits per heavy atom. The molecular weight excluding hydrogens is 244 g/mol. The van der Waals surface area contributed by atoms with Crippen LogP contribution in [0.1, 0.15) is 9.67 Å². The zero-order valence-corrected chi connectivity index (χ0v) is 9.59. The monoisotopic (exact) mass is 250 g/mol. The zero-order chi connectivity index (χ0) is 11.1. The van der Waals surface area contributed by atoms with Crippen molar-refractivity contribution < 1.29 is 9.90 Å². The predicted molar refractivity (Wildman–Crippen MR) is 63.3 cm³/mol. The van der Waals surface area contributed by atoms with Crippen LogP contribution in [-0.4, -0.2) is 20.5 Å². The first kappa shape index (κ1) is 9.56. The second-order valence-electron chi connectivity index (χ2n) is 3.17. The smallest absolute Gasteiger partial charge is 0.346 e. The van der Waals surface area contributed by atoms with Gasteiger partial charge in [0.15, 0.2) is 4.96 Å². The van der Waals surface area contributed by atoms with Gasteiger partial charge in [-0.25, -0.2) is 9.78 Å². The van der Waals surface area contributed by atoms with Crippen LogP contribution in [-0.2, 0) is 0 Å². The van der Waals surface area contributed by atoms with Crippen LogP contribution in [0, 0.1) is 0 Å². The van der Waals surface area contributed by atoms with Crippen molar-refractivity contribution in [3.8, 4) is 11.3 Å². The molecule has 3 heterocycles. The van der Waals surface area contributed by atoms with Crippen LogP contribution in [0.3, 0.4) is 0 Å². The maximum atomic E-state index is 11.0. The number of thiazole rings is 1. The quantitative estimate of drug-likeness (QED) is 0.761. The van der Waals surface area contributed by atoms with E-state index < -0.39 is 5.97 Å². The molecule has 0 fully saturated rings. The fraction of sp³-hybridized carbons (Fsp3) is 0. The normalized spacial score (nSPS) is 11.0. The molecular formula is C10H6N2O2S2. The summed E-state index contributed by atoms with van der Waals surface area (Å²) in [5.41, 5.74) is 1.55. The molecule has 0 aliphatic heterocycles. The maximum Gasteiger partial charge on any atom is 0.346 e. The SMILES string of the molecule is O=C(O)c1sccc1-c1cnc2sccn12. The molecule has 80 valence electrons. The number of carboxylic acid groups (broad SMARTS) is 1. The summed E-state index contributed by atoms with van der Waals surface area (Å²) in [6.07, 6.45) is 3.60. The third-order valence-electron chi connectivity index (χ3n) is 2.28. The van der Waals surface area contributed by atoms with Gasteiger partial charge in [0.2, 0.25) is 0 Å². The third-order valence-corrected chi connectivity index (χ3v) is 3.95. The lowest BCUT2D eigenvalue weighted by atomic mass is 10.2. The van der Waals surface area contributed by atoms with Crippen molar-refractivity contribution in [2.75, 3.05) is 0 Å². The molecule has 6 heteroatoms. The highest BCUT2D eigenvalue weighted by Crippen LogP contribution is 2.29. The van der Waals surface area contributed by atoms with Gasteiger partial charge >= 0.3 is 5.97 Å². The number of carbonyl (C=O) groups is 1. The number of aromatic nitrogens is 2. The first-order chi connectivity index (χ1) is 7.77. The van der Waals surface area contributed by atoms with Crippen LogP contribution in [0.5, 0.6) is 0 Å². The fourth-order valence-electron chi connectivity index (χ4n) is 1.60. The lowest BCUT2D eigenvalue weighted by Crippen LogP contribution is -1.95. The second kappa shape index (κ2) is 3.43. The summed E-state index contributed by atoms with van der Waals surface area (Å²) in [7, 11) is 0. The summed E-state index contributed by atoms with van der Waals surface area (Å²) >= 11 is 2.76. The molecule has 0 aliphatic rings. The van der Waals surface area contributed by atoms with Gasteiger partial charge in [-0.2, -0.15) is 0 Å². The molecule has 3 aromatic heterocycles. The van der Waals surface area contributed by atoms with Crippen molar-refractivity contribution >= 4 is 33.6 Å². The Morgan fingerprint density at radius 2 is 2.25 bits per heavy atom. The largest absolute Gasteiger partial charge is 0.477 e. The van der Waals surface area contributed by atoms with E-state index in [1.807, 2.05) is 22.0 Å². The summed E-state index contributed by atoms with van der Waals surface area (Å²) < 4.78 is 1.90. The molecule has 3 rings (SSSR count). The Hall–Kier alpha value is -1.66. The molecule has 0 saturated carbocycles. The average Bonchev–Trinajstić information content (AvgIpc) is 2.92. The van der Waals surface area contributed by atoms with E-state index >= 15 is 0 Å². The Bertz CT molecular complexity index is 665. The van der Waals surface area contributed by atoms with E-state index in [4.69, 9.17) is 5.11 Å². The Balaban J connectivity index is 2.27. The van der Waals surface area contributed by atoms with Crippen LogP contribution in [0.15, 0.2) is 29.2 Å². The van der Waals surface area contributed by atoms with E-state index in [2.05, 4.69) is 4.98 Å². The third kappa shape index (κ3) is 1.27. The minimum absolute atomic E-state index is 0.355. The molecule has 4 nitrogen and oxygen atoms in total. The molecule has 0 saturated heterocycles. The van der Waals surface area contributed by atoms with Gasteiger partial charge < -0.3 is 5.11 Å². The summed E-state index contributed by atoms with van der Waals surface area (Å²) in [5.74, 6) is -0.893. The van der Waals surface area contributed by atoms with E-state index in [1.165, 1.54) is 22.7 Å². The fourth-order valence-corrected chi connectivity index (χ4v) is 3.03. The summed E-state index contributed by atoms with van der Waals surface area (Å²) in [6.45, 7) is 0. The van der Waals surface area contributed by atoms with Crippen molar-refractivity contribution in [3.05, 3.63) is 34.1 Å². The van der Waals surface area contributed by atoms with E-state index in [-0.39, 0.29) is 0 Å². The number of fused-ring (bicyclic) bond motifs is 1. The summed E-state index contributed by atoms with van der Waals surface area (Å²) in [5, 5.41) is 12.8. The van der Waals surface area contributed by atoms with Gasteiger partial charge in [0, 0.05) is 17.1 Å². The molecule has 0 amide bonds. The zero-order valence-electron chi connectivity index (χ0n) is 7.95. The van der Waals surface area contributed by atoms with Crippen molar-refractivity contribution in [2.45, 2.75) is 0 Å². The number of aromatic carboxylic acids is 1. The molecule has 0 atom stereocenters. The molecule has 3 aromatic rings. The standard InChI is InChI=1S/C10H6N2O2S2/c13-9(14)8-6(1-3-15-8)7-5-11-10-12(7)2-4-16-10/h1-5H,(H,13,14). The van der Waals surface area contributed by atoms with Gasteiger partial charge in [0.1, 0.15) is 4.88 Å². The van der Waals surface area contributed by atoms with Crippen LogP contribution < -0.4 is 0 Å². The minimum atomic E-state index is -0.893. The highest BCUT2D eigenvalue weighted by molar-refractivity contribution is 7.15. The number of thiophene rings is 1. The second-order valence-corrected chi connectivity index (χ2v) is 4.96. The molecule has 0 unspecified atom stereocenters. The van der Waals surface area contributed by atoms with Gasteiger partial charge in [0.25, 0.3) is 0 Å². The summed E-state index contributed by atoms with van der Waals surface area (Å²) in [6, 6.07) is 1.81. The van der Waals surface area contributed by atoms with Crippen LogP contribution >= 0.6 is 22.7 Å². The highest BCUT2D eigenvalue weighted by Gasteiger charge is 2.16. The number of hydrogen-bond donors (Lipinski definition) is 1. The van der Waals surface area contributed by atoms with E-state index in [0.717, 1.165) is 16.2 Å². The molecule has 0 bridgehead atoms. The lowest BCUT2D eigenvalue weighted by Gasteiger charge is -1.97. The molecule has 0 radical (unpaired) electrons. The van der Waals surface area contributed by atoms with Gasteiger partial charge in [-0.3, -0.25) is 4.40 Å². The highest BCUT2D eigenvalue weighted by atomic mass is 32.1. The minimum Gasteiger partial charge on any atom is -0.477 e. The average molecular weight is 250 g/mol.